The molecule has 0 aliphatic heterocycles. The van der Waals surface area contributed by atoms with Crippen molar-refractivity contribution in [2.45, 2.75) is 11.8 Å². The third-order valence-corrected chi connectivity index (χ3v) is 3.76. The highest BCUT2D eigenvalue weighted by atomic mass is 32.2. The number of hydrazine groups is 1. The Morgan fingerprint density at radius 2 is 2.00 bits per heavy atom. The van der Waals surface area contributed by atoms with E-state index in [1.54, 1.807) is 12.1 Å². The number of sulfone groups is 1. The van der Waals surface area contributed by atoms with Crippen molar-refractivity contribution in [2.24, 2.45) is 5.84 Å². The number of amides is 1. The molecule has 3 N–H and O–H groups in total. The summed E-state index contributed by atoms with van der Waals surface area (Å²) in [5, 5.41) is 0. The first-order valence-corrected chi connectivity index (χ1v) is 6.01. The van der Waals surface area contributed by atoms with E-state index in [9.17, 15) is 13.2 Å². The van der Waals surface area contributed by atoms with E-state index in [0.29, 0.717) is 0 Å². The molecular weight excluding hydrogens is 216 g/mol. The van der Waals surface area contributed by atoms with Crippen LogP contribution in [-0.2, 0) is 9.84 Å². The predicted octanol–water partition coefficient (Wildman–Crippen LogP) is 0.0837. The summed E-state index contributed by atoms with van der Waals surface area (Å²) in [5.74, 6) is 4.30. The van der Waals surface area contributed by atoms with Gasteiger partial charge in [-0.2, -0.15) is 0 Å². The Balaban J connectivity index is 3.37. The van der Waals surface area contributed by atoms with Crippen LogP contribution in [0, 0.1) is 0 Å². The second-order valence-corrected chi connectivity index (χ2v) is 5.12. The fourth-order valence-electron chi connectivity index (χ4n) is 1.16. The Kier molecular flexibility index (Phi) is 3.43. The highest BCUT2D eigenvalue weighted by Gasteiger charge is 2.19. The molecule has 0 heterocycles. The van der Waals surface area contributed by atoms with Gasteiger partial charge < -0.3 is 0 Å². The number of hydrogen-bond acceptors (Lipinski definition) is 4. The third kappa shape index (κ3) is 2.34. The van der Waals surface area contributed by atoms with Crippen molar-refractivity contribution < 1.29 is 13.2 Å². The van der Waals surface area contributed by atoms with E-state index >= 15 is 0 Å². The number of benzene rings is 1. The molecular formula is C9H12N2O3S. The van der Waals surface area contributed by atoms with E-state index in [4.69, 9.17) is 5.84 Å². The number of nitrogen functional groups attached to an aromatic ring is 1. The van der Waals surface area contributed by atoms with Crippen molar-refractivity contribution in [1.82, 2.24) is 5.43 Å². The molecule has 0 saturated heterocycles. The molecule has 1 rings (SSSR count). The summed E-state index contributed by atoms with van der Waals surface area (Å²) in [5.41, 5.74) is 1.99. The summed E-state index contributed by atoms with van der Waals surface area (Å²) in [7, 11) is -3.40. The number of carbonyl (C=O) groups excluding carboxylic acids is 1. The molecule has 0 saturated carbocycles. The van der Waals surface area contributed by atoms with E-state index in [1.165, 1.54) is 19.1 Å². The zero-order valence-corrected chi connectivity index (χ0v) is 9.04. The van der Waals surface area contributed by atoms with E-state index in [1.807, 2.05) is 5.43 Å². The van der Waals surface area contributed by atoms with Gasteiger partial charge in [-0.1, -0.05) is 19.1 Å². The molecule has 0 bridgehead atoms. The minimum atomic E-state index is -3.40. The summed E-state index contributed by atoms with van der Waals surface area (Å²) >= 11 is 0. The standard InChI is InChI=1S/C9H12N2O3S/c1-2-15(13,14)8-6-4-3-5-7(8)9(12)11-10/h3-6H,2,10H2,1H3,(H,11,12). The average molecular weight is 228 g/mol. The normalized spacial score (nSPS) is 11.1. The zero-order chi connectivity index (χ0) is 11.5. The van der Waals surface area contributed by atoms with Crippen LogP contribution >= 0.6 is 0 Å². The Bertz CT molecular complexity index is 468. The van der Waals surface area contributed by atoms with Crippen molar-refractivity contribution in [3.8, 4) is 0 Å². The molecule has 6 heteroatoms. The summed E-state index contributed by atoms with van der Waals surface area (Å²) in [4.78, 5) is 11.3. The molecule has 0 radical (unpaired) electrons. The number of nitrogens with two attached hydrogens (primary N) is 1. The van der Waals surface area contributed by atoms with Crippen molar-refractivity contribution in [3.05, 3.63) is 29.8 Å². The van der Waals surface area contributed by atoms with Crippen molar-refractivity contribution in [1.29, 1.82) is 0 Å². The molecule has 1 aromatic rings. The lowest BCUT2D eigenvalue weighted by atomic mass is 10.2. The second kappa shape index (κ2) is 4.41. The number of nitrogens with one attached hydrogen (secondary N) is 1. The molecule has 0 unspecified atom stereocenters. The lowest BCUT2D eigenvalue weighted by Crippen LogP contribution is -2.31. The van der Waals surface area contributed by atoms with Crippen LogP contribution in [0.4, 0.5) is 0 Å². The van der Waals surface area contributed by atoms with Crippen LogP contribution in [0.25, 0.3) is 0 Å². The topological polar surface area (TPSA) is 89.3 Å². The fourth-order valence-corrected chi connectivity index (χ4v) is 2.25. The molecule has 1 aromatic carbocycles. The van der Waals surface area contributed by atoms with Gasteiger partial charge in [-0.15, -0.1) is 0 Å². The van der Waals surface area contributed by atoms with E-state index < -0.39 is 15.7 Å². The van der Waals surface area contributed by atoms with Crippen LogP contribution < -0.4 is 11.3 Å². The molecule has 15 heavy (non-hydrogen) atoms. The Morgan fingerprint density at radius 1 is 1.40 bits per heavy atom. The Morgan fingerprint density at radius 3 is 2.53 bits per heavy atom. The molecule has 0 aromatic heterocycles. The summed E-state index contributed by atoms with van der Waals surface area (Å²) in [6.07, 6.45) is 0. The summed E-state index contributed by atoms with van der Waals surface area (Å²) in [6, 6.07) is 5.96. The van der Waals surface area contributed by atoms with Crippen LogP contribution in [0.15, 0.2) is 29.2 Å². The lowest BCUT2D eigenvalue weighted by molar-refractivity contribution is 0.0950. The van der Waals surface area contributed by atoms with Gasteiger partial charge in [0.1, 0.15) is 0 Å². The van der Waals surface area contributed by atoms with Crippen molar-refractivity contribution in [2.75, 3.05) is 5.75 Å². The average Bonchev–Trinajstić information content (AvgIpc) is 2.28. The smallest absolute Gasteiger partial charge is 0.266 e. The molecule has 5 nitrogen and oxygen atoms in total. The van der Waals surface area contributed by atoms with Crippen molar-refractivity contribution >= 4 is 15.7 Å². The van der Waals surface area contributed by atoms with Gasteiger partial charge in [-0.25, -0.2) is 14.3 Å². The van der Waals surface area contributed by atoms with Crippen LogP contribution in [0.2, 0.25) is 0 Å². The number of hydrogen-bond donors (Lipinski definition) is 2. The highest BCUT2D eigenvalue weighted by molar-refractivity contribution is 7.91. The maximum Gasteiger partial charge on any atom is 0.266 e. The SMILES string of the molecule is CCS(=O)(=O)c1ccccc1C(=O)NN. The van der Waals surface area contributed by atoms with Gasteiger partial charge in [0.25, 0.3) is 5.91 Å². The van der Waals surface area contributed by atoms with Gasteiger partial charge in [-0.3, -0.25) is 10.2 Å². The molecule has 82 valence electrons. The molecule has 1 amide bonds. The van der Waals surface area contributed by atoms with Gasteiger partial charge in [0.05, 0.1) is 16.2 Å². The van der Waals surface area contributed by atoms with Gasteiger partial charge >= 0.3 is 0 Å². The largest absolute Gasteiger partial charge is 0.290 e. The van der Waals surface area contributed by atoms with Crippen LogP contribution in [0.3, 0.4) is 0 Å². The fraction of sp³-hybridized carbons (Fsp3) is 0.222. The minimum absolute atomic E-state index is 0.00968. The van der Waals surface area contributed by atoms with Gasteiger partial charge in [0, 0.05) is 0 Å². The summed E-state index contributed by atoms with van der Waals surface area (Å²) < 4.78 is 23.2. The van der Waals surface area contributed by atoms with Gasteiger partial charge in [0.2, 0.25) is 0 Å². The molecule has 0 aliphatic rings. The zero-order valence-electron chi connectivity index (χ0n) is 8.23. The quantitative estimate of drug-likeness (QED) is 0.435. The maximum absolute atomic E-state index is 11.6. The molecule has 0 aliphatic carbocycles. The lowest BCUT2D eigenvalue weighted by Gasteiger charge is -2.07. The molecule has 0 atom stereocenters. The number of rotatable bonds is 3. The first-order chi connectivity index (χ1) is 7.03. The monoisotopic (exact) mass is 228 g/mol. The predicted molar refractivity (Wildman–Crippen MR) is 55.8 cm³/mol. The van der Waals surface area contributed by atoms with E-state index in [2.05, 4.69) is 0 Å². The van der Waals surface area contributed by atoms with E-state index in [-0.39, 0.29) is 16.2 Å². The number of carbonyl (C=O) groups is 1. The molecule has 0 spiro atoms. The minimum Gasteiger partial charge on any atom is -0.290 e. The maximum atomic E-state index is 11.6. The molecule has 0 fully saturated rings. The van der Waals surface area contributed by atoms with Gasteiger partial charge in [0.15, 0.2) is 9.84 Å². The Labute approximate surface area is 88.2 Å². The second-order valence-electron chi connectivity index (χ2n) is 2.87. The Hall–Kier alpha value is -1.40. The van der Waals surface area contributed by atoms with Crippen LogP contribution in [0.1, 0.15) is 17.3 Å². The highest BCUT2D eigenvalue weighted by Crippen LogP contribution is 2.16. The first-order valence-electron chi connectivity index (χ1n) is 4.35. The van der Waals surface area contributed by atoms with Crippen LogP contribution in [0.5, 0.6) is 0 Å². The van der Waals surface area contributed by atoms with Crippen LogP contribution in [-0.4, -0.2) is 20.1 Å². The van der Waals surface area contributed by atoms with E-state index in [0.717, 1.165) is 0 Å². The third-order valence-electron chi connectivity index (χ3n) is 1.98. The van der Waals surface area contributed by atoms with Crippen molar-refractivity contribution in [3.63, 3.8) is 0 Å². The van der Waals surface area contributed by atoms with Gasteiger partial charge in [-0.05, 0) is 12.1 Å². The summed E-state index contributed by atoms with van der Waals surface area (Å²) in [6.45, 7) is 1.52. The first kappa shape index (κ1) is 11.7.